The third-order valence-electron chi connectivity index (χ3n) is 2.81. The number of aromatic nitrogens is 5. The van der Waals surface area contributed by atoms with Crippen molar-refractivity contribution < 1.29 is 4.42 Å². The molecule has 0 bridgehead atoms. The lowest BCUT2D eigenvalue weighted by Crippen LogP contribution is -2.00. The minimum absolute atomic E-state index is 0.382. The fourth-order valence-corrected chi connectivity index (χ4v) is 2.47. The van der Waals surface area contributed by atoms with Crippen molar-refractivity contribution in [1.29, 1.82) is 0 Å². The van der Waals surface area contributed by atoms with Crippen LogP contribution in [0.3, 0.4) is 0 Å². The first-order valence-electron chi connectivity index (χ1n) is 6.28. The molecule has 3 rings (SSSR count). The maximum Gasteiger partial charge on any atom is 0.248 e. The fourth-order valence-electron chi connectivity index (χ4n) is 1.83. The van der Waals surface area contributed by atoms with Gasteiger partial charge in [-0.1, -0.05) is 17.3 Å². The normalized spacial score (nSPS) is 11.0. The second kappa shape index (κ2) is 6.36. The van der Waals surface area contributed by atoms with Gasteiger partial charge in [0.2, 0.25) is 11.8 Å². The summed E-state index contributed by atoms with van der Waals surface area (Å²) in [5, 5.41) is 16.1. The number of hydrogen-bond donors (Lipinski definition) is 0. The molecule has 3 aromatic rings. The Kier molecular flexibility index (Phi) is 4.31. The maximum absolute atomic E-state index is 5.67. The second-order valence-corrected chi connectivity index (χ2v) is 5.56. The maximum atomic E-state index is 5.67. The van der Waals surface area contributed by atoms with Crippen molar-refractivity contribution >= 4 is 27.5 Å². The summed E-state index contributed by atoms with van der Waals surface area (Å²) in [6.45, 7) is 0.382. The molecule has 0 N–H and O–H groups in total. The molecule has 2 aromatic heterocycles. The molecule has 1 aromatic carbocycles. The van der Waals surface area contributed by atoms with Gasteiger partial charge in [-0.05, 0) is 28.1 Å². The summed E-state index contributed by atoms with van der Waals surface area (Å²) < 4.78 is 8.22. The Labute approximate surface area is 134 Å². The Morgan fingerprint density at radius 1 is 1.19 bits per heavy atom. The molecule has 0 fully saturated rings. The van der Waals surface area contributed by atoms with Crippen molar-refractivity contribution in [3.05, 3.63) is 46.5 Å². The van der Waals surface area contributed by atoms with Gasteiger partial charge in [0.15, 0.2) is 0 Å². The summed E-state index contributed by atoms with van der Waals surface area (Å²) >= 11 is 9.13. The third-order valence-corrected chi connectivity index (χ3v) is 3.69. The van der Waals surface area contributed by atoms with Crippen LogP contribution in [0.5, 0.6) is 0 Å². The fraction of sp³-hybridized carbons (Fsp3) is 0.231. The topological polar surface area (TPSA) is 69.6 Å². The lowest BCUT2D eigenvalue weighted by atomic mass is 10.2. The molecule has 21 heavy (non-hydrogen) atoms. The highest BCUT2D eigenvalue weighted by molar-refractivity contribution is 9.10. The van der Waals surface area contributed by atoms with Gasteiger partial charge >= 0.3 is 0 Å². The highest BCUT2D eigenvalue weighted by Gasteiger charge is 2.12. The molecular formula is C13H11BrClN5O. The summed E-state index contributed by atoms with van der Waals surface area (Å²) in [6.07, 6.45) is 2.51. The van der Waals surface area contributed by atoms with E-state index in [9.17, 15) is 0 Å². The van der Waals surface area contributed by atoms with E-state index in [0.717, 1.165) is 15.7 Å². The van der Waals surface area contributed by atoms with Crippen LogP contribution in [0.4, 0.5) is 0 Å². The quantitative estimate of drug-likeness (QED) is 0.648. The zero-order valence-corrected chi connectivity index (χ0v) is 13.3. The van der Waals surface area contributed by atoms with Crippen molar-refractivity contribution in [3.63, 3.8) is 0 Å². The van der Waals surface area contributed by atoms with E-state index in [4.69, 9.17) is 16.0 Å². The van der Waals surface area contributed by atoms with Crippen molar-refractivity contribution in [2.24, 2.45) is 0 Å². The molecule has 0 aliphatic carbocycles. The SMILES string of the molecule is ClCCc1cn(Cc2nnc(-c3ccccc3Br)o2)nn1. The van der Waals surface area contributed by atoms with E-state index in [1.165, 1.54) is 0 Å². The first kappa shape index (κ1) is 14.2. The Balaban J connectivity index is 1.77. The Hall–Kier alpha value is -1.73. The van der Waals surface area contributed by atoms with E-state index in [1.807, 2.05) is 30.5 Å². The van der Waals surface area contributed by atoms with Gasteiger partial charge in [-0.25, -0.2) is 4.68 Å². The average Bonchev–Trinajstić information content (AvgIpc) is 3.10. The van der Waals surface area contributed by atoms with Gasteiger partial charge < -0.3 is 4.42 Å². The van der Waals surface area contributed by atoms with Crippen molar-refractivity contribution in [1.82, 2.24) is 25.2 Å². The number of benzene rings is 1. The minimum atomic E-state index is 0.382. The van der Waals surface area contributed by atoms with Crippen LogP contribution in [-0.4, -0.2) is 31.1 Å². The smallest absolute Gasteiger partial charge is 0.248 e. The van der Waals surface area contributed by atoms with E-state index in [2.05, 4.69) is 36.4 Å². The average molecular weight is 369 g/mol. The zero-order chi connectivity index (χ0) is 14.7. The molecule has 2 heterocycles. The molecule has 0 unspecified atom stereocenters. The van der Waals surface area contributed by atoms with Crippen LogP contribution in [-0.2, 0) is 13.0 Å². The van der Waals surface area contributed by atoms with Gasteiger partial charge in [-0.2, -0.15) is 0 Å². The van der Waals surface area contributed by atoms with Crippen LogP contribution in [0.15, 0.2) is 39.4 Å². The molecule has 0 saturated heterocycles. The molecule has 0 atom stereocenters. The van der Waals surface area contributed by atoms with Crippen LogP contribution in [0.25, 0.3) is 11.5 Å². The van der Waals surface area contributed by atoms with Gasteiger partial charge in [0, 0.05) is 23.0 Å². The third kappa shape index (κ3) is 3.30. The Morgan fingerprint density at radius 2 is 2.05 bits per heavy atom. The predicted molar refractivity (Wildman–Crippen MR) is 81.0 cm³/mol. The largest absolute Gasteiger partial charge is 0.419 e. The summed E-state index contributed by atoms with van der Waals surface area (Å²) in [5.41, 5.74) is 1.70. The predicted octanol–water partition coefficient (Wildman–Crippen LogP) is 2.92. The van der Waals surface area contributed by atoms with Crippen LogP contribution in [0.2, 0.25) is 0 Å². The Morgan fingerprint density at radius 3 is 2.86 bits per heavy atom. The van der Waals surface area contributed by atoms with Gasteiger partial charge in [0.25, 0.3) is 0 Å². The molecular weight excluding hydrogens is 358 g/mol. The molecule has 0 aliphatic heterocycles. The molecule has 0 saturated carbocycles. The van der Waals surface area contributed by atoms with Crippen LogP contribution in [0.1, 0.15) is 11.6 Å². The first-order chi connectivity index (χ1) is 10.3. The lowest BCUT2D eigenvalue weighted by Gasteiger charge is -1.97. The number of halogens is 2. The van der Waals surface area contributed by atoms with Crippen LogP contribution >= 0.6 is 27.5 Å². The number of rotatable bonds is 5. The first-order valence-corrected chi connectivity index (χ1v) is 7.61. The number of nitrogens with zero attached hydrogens (tertiary/aromatic N) is 5. The number of alkyl halides is 1. The Bertz CT molecular complexity index is 742. The highest BCUT2D eigenvalue weighted by Crippen LogP contribution is 2.26. The summed E-state index contributed by atoms with van der Waals surface area (Å²) in [5.74, 6) is 1.47. The second-order valence-electron chi connectivity index (χ2n) is 4.33. The number of hydrogen-bond acceptors (Lipinski definition) is 5. The minimum Gasteiger partial charge on any atom is -0.419 e. The van der Waals surface area contributed by atoms with Crippen molar-refractivity contribution in [2.75, 3.05) is 5.88 Å². The molecule has 8 heteroatoms. The molecule has 0 spiro atoms. The van der Waals surface area contributed by atoms with Gasteiger partial charge in [-0.15, -0.1) is 26.9 Å². The standard InChI is InChI=1S/C13H11BrClN5O/c14-11-4-2-1-3-10(11)13-18-17-12(21-13)8-20-7-9(5-6-15)16-19-20/h1-4,7H,5-6,8H2. The van der Waals surface area contributed by atoms with E-state index >= 15 is 0 Å². The van der Waals surface area contributed by atoms with Gasteiger partial charge in [-0.3, -0.25) is 0 Å². The van der Waals surface area contributed by atoms with Crippen LogP contribution in [0, 0.1) is 0 Å². The van der Waals surface area contributed by atoms with E-state index in [1.54, 1.807) is 4.68 Å². The lowest BCUT2D eigenvalue weighted by molar-refractivity contribution is 0.469. The summed E-state index contributed by atoms with van der Waals surface area (Å²) in [6, 6.07) is 7.68. The van der Waals surface area contributed by atoms with Crippen molar-refractivity contribution in [3.8, 4) is 11.5 Å². The van der Waals surface area contributed by atoms with Crippen LogP contribution < -0.4 is 0 Å². The molecule has 0 aliphatic rings. The van der Waals surface area contributed by atoms with Gasteiger partial charge in [0.1, 0.15) is 6.54 Å². The summed E-state index contributed by atoms with van der Waals surface area (Å²) in [4.78, 5) is 0. The molecule has 6 nitrogen and oxygen atoms in total. The highest BCUT2D eigenvalue weighted by atomic mass is 79.9. The monoisotopic (exact) mass is 367 g/mol. The number of aryl methyl sites for hydroxylation is 1. The summed E-state index contributed by atoms with van der Waals surface area (Å²) in [7, 11) is 0. The van der Waals surface area contributed by atoms with Gasteiger partial charge in [0.05, 0.1) is 11.3 Å². The van der Waals surface area contributed by atoms with Crippen molar-refractivity contribution in [2.45, 2.75) is 13.0 Å². The van der Waals surface area contributed by atoms with E-state index in [0.29, 0.717) is 30.6 Å². The molecule has 0 radical (unpaired) electrons. The zero-order valence-electron chi connectivity index (χ0n) is 10.9. The van der Waals surface area contributed by atoms with E-state index in [-0.39, 0.29) is 0 Å². The van der Waals surface area contributed by atoms with E-state index < -0.39 is 0 Å². The molecule has 108 valence electrons. The molecule has 0 amide bonds.